The van der Waals surface area contributed by atoms with E-state index in [1.807, 2.05) is 7.05 Å². The fourth-order valence-corrected chi connectivity index (χ4v) is 4.68. The molecule has 9 heteroatoms. The van der Waals surface area contributed by atoms with Gasteiger partial charge < -0.3 is 19.7 Å². The van der Waals surface area contributed by atoms with Gasteiger partial charge in [0.2, 0.25) is 0 Å². The standard InChI is InChI=1S/C18H27BrN6S.HI/c1-20-17(24(3)12-16-10-14(19)11-23(16)2)21-7-6-15-13-26-18(22-15)25-8-4-5-9-25;/h10-11,13H,4-9,12H2,1-3H3,(H,20,21);1H. The van der Waals surface area contributed by atoms with Gasteiger partial charge in [-0.1, -0.05) is 0 Å². The zero-order chi connectivity index (χ0) is 18.5. The topological polar surface area (TPSA) is 48.7 Å². The van der Waals surface area contributed by atoms with Gasteiger partial charge in [-0.05, 0) is 34.8 Å². The first-order valence-corrected chi connectivity index (χ1v) is 10.7. The summed E-state index contributed by atoms with van der Waals surface area (Å²) in [6.45, 7) is 3.93. The number of aryl methyl sites for hydroxylation is 1. The Kier molecular flexibility index (Phi) is 8.87. The Morgan fingerprint density at radius 2 is 2.15 bits per heavy atom. The summed E-state index contributed by atoms with van der Waals surface area (Å²) in [6, 6.07) is 2.14. The number of aromatic nitrogens is 2. The van der Waals surface area contributed by atoms with Crippen LogP contribution in [0.3, 0.4) is 0 Å². The summed E-state index contributed by atoms with van der Waals surface area (Å²) in [5.74, 6) is 0.900. The van der Waals surface area contributed by atoms with Crippen LogP contribution in [0.15, 0.2) is 27.1 Å². The molecule has 1 saturated heterocycles. The van der Waals surface area contributed by atoms with Crippen molar-refractivity contribution in [2.24, 2.45) is 12.0 Å². The monoisotopic (exact) mass is 566 g/mol. The van der Waals surface area contributed by atoms with Crippen molar-refractivity contribution in [3.8, 4) is 0 Å². The van der Waals surface area contributed by atoms with Crippen LogP contribution >= 0.6 is 51.2 Å². The van der Waals surface area contributed by atoms with Gasteiger partial charge in [-0.25, -0.2) is 4.98 Å². The molecule has 1 aliphatic heterocycles. The van der Waals surface area contributed by atoms with Gasteiger partial charge >= 0.3 is 0 Å². The molecule has 0 saturated carbocycles. The summed E-state index contributed by atoms with van der Waals surface area (Å²) in [4.78, 5) is 13.7. The van der Waals surface area contributed by atoms with Crippen molar-refractivity contribution >= 4 is 62.3 Å². The highest BCUT2D eigenvalue weighted by Crippen LogP contribution is 2.24. The zero-order valence-electron chi connectivity index (χ0n) is 16.1. The molecule has 3 rings (SSSR count). The minimum absolute atomic E-state index is 0. The average Bonchev–Trinajstić information content (AvgIpc) is 3.33. The van der Waals surface area contributed by atoms with Gasteiger partial charge in [-0.15, -0.1) is 35.3 Å². The van der Waals surface area contributed by atoms with Crippen LogP contribution in [0.1, 0.15) is 24.2 Å². The highest BCUT2D eigenvalue weighted by molar-refractivity contribution is 14.0. The average molecular weight is 567 g/mol. The van der Waals surface area contributed by atoms with Crippen LogP contribution in [0.4, 0.5) is 5.13 Å². The molecule has 0 amide bonds. The molecule has 1 fully saturated rings. The molecule has 0 aliphatic carbocycles. The summed E-state index contributed by atoms with van der Waals surface area (Å²) in [6.07, 6.45) is 5.56. The smallest absolute Gasteiger partial charge is 0.193 e. The number of guanidine groups is 1. The molecule has 0 bridgehead atoms. The maximum atomic E-state index is 4.78. The van der Waals surface area contributed by atoms with Crippen molar-refractivity contribution < 1.29 is 0 Å². The molecule has 1 N–H and O–H groups in total. The van der Waals surface area contributed by atoms with Gasteiger partial charge in [0.15, 0.2) is 11.1 Å². The first-order chi connectivity index (χ1) is 12.6. The quantitative estimate of drug-likeness (QED) is 0.329. The first-order valence-electron chi connectivity index (χ1n) is 8.98. The van der Waals surface area contributed by atoms with Crippen LogP contribution in [0, 0.1) is 0 Å². The molecule has 0 unspecified atom stereocenters. The summed E-state index contributed by atoms with van der Waals surface area (Å²) in [7, 11) is 5.95. The van der Waals surface area contributed by atoms with Crippen molar-refractivity contribution in [1.82, 2.24) is 19.8 Å². The number of aliphatic imine (C=N–C) groups is 1. The molecule has 27 heavy (non-hydrogen) atoms. The zero-order valence-corrected chi connectivity index (χ0v) is 20.8. The van der Waals surface area contributed by atoms with Gasteiger partial charge in [-0.3, -0.25) is 4.99 Å². The lowest BCUT2D eigenvalue weighted by Gasteiger charge is -2.22. The lowest BCUT2D eigenvalue weighted by Crippen LogP contribution is -2.39. The van der Waals surface area contributed by atoms with Crippen molar-refractivity contribution in [3.63, 3.8) is 0 Å². The van der Waals surface area contributed by atoms with Crippen molar-refractivity contribution in [2.75, 3.05) is 38.6 Å². The Morgan fingerprint density at radius 1 is 1.41 bits per heavy atom. The minimum atomic E-state index is 0. The van der Waals surface area contributed by atoms with E-state index in [0.717, 1.165) is 48.7 Å². The van der Waals surface area contributed by atoms with Crippen LogP contribution in [0.2, 0.25) is 0 Å². The van der Waals surface area contributed by atoms with E-state index < -0.39 is 0 Å². The predicted molar refractivity (Wildman–Crippen MR) is 129 cm³/mol. The van der Waals surface area contributed by atoms with E-state index in [2.05, 4.69) is 72.3 Å². The number of rotatable bonds is 6. The Morgan fingerprint density at radius 3 is 2.78 bits per heavy atom. The summed E-state index contributed by atoms with van der Waals surface area (Å²) < 4.78 is 3.23. The van der Waals surface area contributed by atoms with E-state index in [1.54, 1.807) is 11.3 Å². The molecule has 0 aromatic carbocycles. The number of nitrogens with zero attached hydrogens (tertiary/aromatic N) is 5. The lowest BCUT2D eigenvalue weighted by molar-refractivity contribution is 0.462. The molecular weight excluding hydrogens is 539 g/mol. The third kappa shape index (κ3) is 6.08. The van der Waals surface area contributed by atoms with E-state index in [0.29, 0.717) is 0 Å². The highest BCUT2D eigenvalue weighted by atomic mass is 127. The Balaban J connectivity index is 0.00000261. The molecule has 2 aromatic heterocycles. The molecule has 0 atom stereocenters. The first kappa shape index (κ1) is 22.5. The second kappa shape index (κ2) is 10.7. The molecule has 150 valence electrons. The maximum Gasteiger partial charge on any atom is 0.193 e. The van der Waals surface area contributed by atoms with Crippen LogP contribution < -0.4 is 10.2 Å². The molecular formula is C18H28BrIN6S. The number of hydrogen-bond acceptors (Lipinski definition) is 4. The summed E-state index contributed by atoms with van der Waals surface area (Å²) >= 11 is 5.29. The van der Waals surface area contributed by atoms with Crippen LogP contribution in [0.5, 0.6) is 0 Å². The van der Waals surface area contributed by atoms with E-state index in [1.165, 1.54) is 23.7 Å². The maximum absolute atomic E-state index is 4.78. The number of thiazole rings is 1. The summed E-state index contributed by atoms with van der Waals surface area (Å²) in [5, 5.41) is 6.81. The second-order valence-corrected chi connectivity index (χ2v) is 8.41. The molecule has 1 aliphatic rings. The fraction of sp³-hybridized carbons (Fsp3) is 0.556. The Bertz CT molecular complexity index is 753. The second-order valence-electron chi connectivity index (χ2n) is 6.66. The van der Waals surface area contributed by atoms with E-state index in [-0.39, 0.29) is 24.0 Å². The van der Waals surface area contributed by atoms with Gasteiger partial charge in [0.1, 0.15) is 0 Å². The molecule has 6 nitrogen and oxygen atoms in total. The number of halogens is 2. The highest BCUT2D eigenvalue weighted by Gasteiger charge is 2.15. The molecule has 0 spiro atoms. The normalized spacial score (nSPS) is 14.4. The van der Waals surface area contributed by atoms with Gasteiger partial charge in [0.25, 0.3) is 0 Å². The predicted octanol–water partition coefficient (Wildman–Crippen LogP) is 3.71. The number of nitrogens with one attached hydrogen (secondary N) is 1. The number of hydrogen-bond donors (Lipinski definition) is 1. The largest absolute Gasteiger partial charge is 0.356 e. The molecule has 0 radical (unpaired) electrons. The van der Waals surface area contributed by atoms with Crippen LogP contribution in [0.25, 0.3) is 0 Å². The number of anilines is 1. The van der Waals surface area contributed by atoms with E-state index >= 15 is 0 Å². The Labute approximate surface area is 191 Å². The van der Waals surface area contributed by atoms with Gasteiger partial charge in [0.05, 0.1) is 12.2 Å². The van der Waals surface area contributed by atoms with Crippen molar-refractivity contribution in [3.05, 3.63) is 33.5 Å². The fourth-order valence-electron chi connectivity index (χ4n) is 3.19. The third-order valence-electron chi connectivity index (χ3n) is 4.63. The third-order valence-corrected chi connectivity index (χ3v) is 6.01. The van der Waals surface area contributed by atoms with E-state index in [4.69, 9.17) is 4.98 Å². The minimum Gasteiger partial charge on any atom is -0.356 e. The Hall–Kier alpha value is -0.810. The summed E-state index contributed by atoms with van der Waals surface area (Å²) in [5.41, 5.74) is 2.39. The molecule has 3 heterocycles. The van der Waals surface area contributed by atoms with Crippen molar-refractivity contribution in [2.45, 2.75) is 25.8 Å². The van der Waals surface area contributed by atoms with Gasteiger partial charge in [0, 0.05) is 68.9 Å². The SMILES string of the molecule is CN=C(NCCc1csc(N2CCCC2)n1)N(C)Cc1cc(Br)cn1C.I. The lowest BCUT2D eigenvalue weighted by atomic mass is 10.3. The van der Waals surface area contributed by atoms with Crippen molar-refractivity contribution in [1.29, 1.82) is 0 Å². The van der Waals surface area contributed by atoms with Crippen LogP contribution in [-0.4, -0.2) is 54.1 Å². The molecule has 2 aromatic rings. The van der Waals surface area contributed by atoms with Crippen LogP contribution in [-0.2, 0) is 20.0 Å². The van der Waals surface area contributed by atoms with E-state index in [9.17, 15) is 0 Å². The van der Waals surface area contributed by atoms with Gasteiger partial charge in [-0.2, -0.15) is 0 Å².